The Labute approximate surface area is 338 Å². The number of ether oxygens (including phenoxy) is 4. The van der Waals surface area contributed by atoms with Crippen LogP contribution in [0.2, 0.25) is 0 Å². The molecule has 57 heavy (non-hydrogen) atoms. The predicted octanol–water partition coefficient (Wildman–Crippen LogP) is 4.23. The van der Waals surface area contributed by atoms with Gasteiger partial charge in [0.05, 0.1) is 24.4 Å². The zero-order chi connectivity index (χ0) is 42.2. The number of allylic oxidation sites excluding steroid dienone is 4. The number of cyclic esters (lactones) is 1. The van der Waals surface area contributed by atoms with Gasteiger partial charge in [-0.05, 0) is 95.5 Å². The number of nitrogens with zero attached hydrogens (tertiary/aromatic N) is 1. The highest BCUT2D eigenvalue weighted by Gasteiger charge is 2.56. The van der Waals surface area contributed by atoms with Crippen LogP contribution in [0.25, 0.3) is 0 Å². The quantitative estimate of drug-likeness (QED) is 0.163. The summed E-state index contributed by atoms with van der Waals surface area (Å²) in [6, 6.07) is -1.16. The number of carbonyl (C=O) groups is 4. The van der Waals surface area contributed by atoms with Crippen LogP contribution in [0.1, 0.15) is 105 Å². The number of ketones is 2. The first kappa shape index (κ1) is 46.9. The summed E-state index contributed by atoms with van der Waals surface area (Å²) in [5.41, 5.74) is 1.58. The van der Waals surface area contributed by atoms with Gasteiger partial charge >= 0.3 is 5.97 Å². The minimum atomic E-state index is -2.52. The van der Waals surface area contributed by atoms with Crippen molar-refractivity contribution >= 4 is 23.4 Å². The number of methoxy groups -OCH3 is 2. The monoisotopic (exact) mass is 803 g/mol. The molecule has 3 heterocycles. The van der Waals surface area contributed by atoms with Crippen molar-refractivity contribution in [3.63, 3.8) is 0 Å². The highest BCUT2D eigenvalue weighted by Crippen LogP contribution is 2.39. The van der Waals surface area contributed by atoms with Crippen LogP contribution in [-0.4, -0.2) is 125 Å². The summed E-state index contributed by atoms with van der Waals surface area (Å²) in [4.78, 5) is 57.8. The molecule has 1 amide bonds. The van der Waals surface area contributed by atoms with Gasteiger partial charge in [0.25, 0.3) is 11.7 Å². The van der Waals surface area contributed by atoms with Gasteiger partial charge in [0.2, 0.25) is 5.79 Å². The molecule has 2 saturated heterocycles. The standard InChI is InChI=1S/C44H69NO12/c1-9-12-31-18-25(2)17-26(3)19-37(54-7)40-38(55-8)21-28(5)44(53,57-40)41(50)42(51)45-16-11-10-13-33(45)43(52)56-39(29(6)35(48)23-36(31)49)27(4)20-30-14-15-34(47)32(22-30)24-46/h9,18,20,26,28-35,37-40,46-48,53H,1,10-17,19,21-24H2,2-8H3/t26-,28+,29+,30-,31+,32-,33-,34+,35-,37-,38-,39?,40+,44+/m0/s1. The fraction of sp³-hybridized carbons (Fsp3) is 0.773. The number of carbonyl (C=O) groups excluding carboxylic acids is 4. The maximum Gasteiger partial charge on any atom is 0.329 e. The molecule has 3 aliphatic heterocycles. The number of piperidine rings is 1. The molecule has 0 aromatic carbocycles. The van der Waals surface area contributed by atoms with Gasteiger partial charge in [0.15, 0.2) is 0 Å². The second kappa shape index (κ2) is 21.0. The van der Waals surface area contributed by atoms with Crippen LogP contribution >= 0.6 is 0 Å². The van der Waals surface area contributed by atoms with Crippen molar-refractivity contribution < 1.29 is 58.6 Å². The Morgan fingerprint density at radius 3 is 2.32 bits per heavy atom. The molecule has 14 atom stereocenters. The van der Waals surface area contributed by atoms with E-state index in [1.807, 2.05) is 26.0 Å². The number of amides is 1. The normalized spacial score (nSPS) is 40.1. The first-order valence-corrected chi connectivity index (χ1v) is 21.0. The number of rotatable bonds is 7. The maximum absolute atomic E-state index is 14.3. The fourth-order valence-electron chi connectivity index (χ4n) is 9.51. The van der Waals surface area contributed by atoms with E-state index in [0.717, 1.165) is 5.57 Å². The molecule has 13 heteroatoms. The van der Waals surface area contributed by atoms with Gasteiger partial charge in [-0.1, -0.05) is 44.6 Å². The second-order valence-corrected chi connectivity index (χ2v) is 17.4. The molecular formula is C44H69NO12. The van der Waals surface area contributed by atoms with Gasteiger partial charge in [-0.2, -0.15) is 0 Å². The summed E-state index contributed by atoms with van der Waals surface area (Å²) in [5.74, 6) is -8.19. The van der Waals surface area contributed by atoms with Gasteiger partial charge in [0, 0.05) is 57.5 Å². The van der Waals surface area contributed by atoms with Crippen molar-refractivity contribution in [3.8, 4) is 0 Å². The Balaban J connectivity index is 1.78. The number of hydrogen-bond acceptors (Lipinski definition) is 12. The van der Waals surface area contributed by atoms with Crippen molar-refractivity contribution in [2.75, 3.05) is 27.4 Å². The fourth-order valence-corrected chi connectivity index (χ4v) is 9.51. The van der Waals surface area contributed by atoms with Crippen LogP contribution in [0.5, 0.6) is 0 Å². The topological polar surface area (TPSA) is 189 Å². The number of hydrogen-bond donors (Lipinski definition) is 4. The number of esters is 1. The molecule has 4 rings (SSSR count). The molecule has 0 spiro atoms. The minimum absolute atomic E-state index is 0.00385. The van der Waals surface area contributed by atoms with E-state index in [2.05, 4.69) is 6.58 Å². The van der Waals surface area contributed by atoms with Crippen molar-refractivity contribution in [3.05, 3.63) is 36.0 Å². The van der Waals surface area contributed by atoms with E-state index in [0.29, 0.717) is 56.9 Å². The molecule has 13 nitrogen and oxygen atoms in total. The van der Waals surface area contributed by atoms with Crippen molar-refractivity contribution in [1.82, 2.24) is 4.90 Å². The van der Waals surface area contributed by atoms with Crippen LogP contribution in [0.4, 0.5) is 0 Å². The molecule has 1 saturated carbocycles. The average molecular weight is 804 g/mol. The average Bonchev–Trinajstić information content (AvgIpc) is 3.18. The molecule has 1 unspecified atom stereocenters. The number of aliphatic hydroxyl groups is 4. The van der Waals surface area contributed by atoms with E-state index in [-0.39, 0.29) is 56.0 Å². The van der Waals surface area contributed by atoms with Gasteiger partial charge < -0.3 is 44.3 Å². The minimum Gasteiger partial charge on any atom is -0.456 e. The predicted molar refractivity (Wildman–Crippen MR) is 212 cm³/mol. The molecule has 1 aliphatic carbocycles. The Morgan fingerprint density at radius 2 is 1.67 bits per heavy atom. The van der Waals surface area contributed by atoms with Gasteiger partial charge in [-0.25, -0.2) is 4.79 Å². The van der Waals surface area contributed by atoms with Crippen LogP contribution in [-0.2, 0) is 38.1 Å². The lowest BCUT2D eigenvalue weighted by Gasteiger charge is -2.47. The lowest BCUT2D eigenvalue weighted by molar-refractivity contribution is -0.302. The zero-order valence-electron chi connectivity index (χ0n) is 35.1. The molecular weight excluding hydrogens is 734 g/mol. The molecule has 4 aliphatic rings. The molecule has 0 aromatic heterocycles. The third-order valence-electron chi connectivity index (χ3n) is 13.0. The lowest BCUT2D eigenvalue weighted by atomic mass is 9.78. The number of fused-ring (bicyclic) bond motifs is 3. The summed E-state index contributed by atoms with van der Waals surface area (Å²) < 4.78 is 24.2. The molecule has 3 fully saturated rings. The second-order valence-electron chi connectivity index (χ2n) is 17.4. The van der Waals surface area contributed by atoms with E-state index < -0.39 is 83.9 Å². The molecule has 0 radical (unpaired) electrons. The van der Waals surface area contributed by atoms with Crippen molar-refractivity contribution in [2.24, 2.45) is 35.5 Å². The molecule has 0 aromatic rings. The zero-order valence-corrected chi connectivity index (χ0v) is 35.1. The summed E-state index contributed by atoms with van der Waals surface area (Å²) >= 11 is 0. The molecule has 322 valence electrons. The van der Waals surface area contributed by atoms with Gasteiger partial charge in [-0.15, -0.1) is 6.58 Å². The number of aliphatic hydroxyl groups excluding tert-OH is 3. The van der Waals surface area contributed by atoms with E-state index in [1.54, 1.807) is 26.8 Å². The largest absolute Gasteiger partial charge is 0.456 e. The van der Waals surface area contributed by atoms with Crippen LogP contribution in [0, 0.1) is 35.5 Å². The SMILES string of the molecule is C=CC[C@@H]1C=C(C)C[C@H](C)C[C@H](OC)[C@H]2O[C@@](O)(C(=O)C(=O)N3CCCC[C@H]3C(=O)OC(C(C)=C[C@@H]3CC[C@@H](O)[C@H](CO)C3)[C@H](C)[C@@H](O)CC1=O)[C@H](C)C[C@@H]2OC. The summed E-state index contributed by atoms with van der Waals surface area (Å²) in [7, 11) is 3.04. The van der Waals surface area contributed by atoms with Crippen LogP contribution in [0.3, 0.4) is 0 Å². The van der Waals surface area contributed by atoms with Crippen LogP contribution < -0.4 is 0 Å². The highest BCUT2D eigenvalue weighted by atomic mass is 16.7. The van der Waals surface area contributed by atoms with Gasteiger partial charge in [0.1, 0.15) is 24.0 Å². The maximum atomic E-state index is 14.3. The van der Waals surface area contributed by atoms with E-state index in [1.165, 1.54) is 19.1 Å². The van der Waals surface area contributed by atoms with Crippen molar-refractivity contribution in [2.45, 2.75) is 154 Å². The smallest absolute Gasteiger partial charge is 0.329 e. The van der Waals surface area contributed by atoms with Crippen molar-refractivity contribution in [1.29, 1.82) is 0 Å². The first-order chi connectivity index (χ1) is 27.0. The van der Waals surface area contributed by atoms with Gasteiger partial charge in [-0.3, -0.25) is 14.4 Å². The van der Waals surface area contributed by atoms with Crippen LogP contribution in [0.15, 0.2) is 36.0 Å². The van der Waals surface area contributed by atoms with E-state index in [4.69, 9.17) is 18.9 Å². The first-order valence-electron chi connectivity index (χ1n) is 21.0. The lowest BCUT2D eigenvalue weighted by Crippen LogP contribution is -2.64. The third kappa shape index (κ3) is 11.3. The van der Waals surface area contributed by atoms with E-state index >= 15 is 0 Å². The Bertz CT molecular complexity index is 1480. The summed E-state index contributed by atoms with van der Waals surface area (Å²) in [6.45, 7) is 12.9. The van der Waals surface area contributed by atoms with E-state index in [9.17, 15) is 39.6 Å². The molecule has 2 bridgehead atoms. The Morgan fingerprint density at radius 1 is 0.982 bits per heavy atom. The summed E-state index contributed by atoms with van der Waals surface area (Å²) in [5, 5.41) is 44.0. The number of Topliss-reactive ketones (excluding diaryl/α,β-unsaturated/α-hetero) is 2. The Kier molecular flexibility index (Phi) is 17.2. The summed E-state index contributed by atoms with van der Waals surface area (Å²) in [6.07, 6.45) is 5.00. The highest BCUT2D eigenvalue weighted by molar-refractivity contribution is 6.39. The third-order valence-corrected chi connectivity index (χ3v) is 13.0. The Hall–Kier alpha value is -2.78. The molecule has 4 N–H and O–H groups in total.